The van der Waals surface area contributed by atoms with E-state index < -0.39 is 12.0 Å². The molecule has 0 spiro atoms. The van der Waals surface area contributed by atoms with Crippen LogP contribution in [0.5, 0.6) is 0 Å². The number of nitrogens with one attached hydrogen (secondary N) is 1. The van der Waals surface area contributed by atoms with E-state index in [-0.39, 0.29) is 24.6 Å². The largest absolute Gasteiger partial charge is 0.469 e. The molecule has 0 saturated carbocycles. The van der Waals surface area contributed by atoms with E-state index in [1.807, 2.05) is 17.5 Å². The van der Waals surface area contributed by atoms with E-state index in [4.69, 9.17) is 4.74 Å². The number of methoxy groups -OCH3 is 1. The summed E-state index contributed by atoms with van der Waals surface area (Å²) in [5.41, 5.74) is -0.252. The number of thiophene rings is 1. The van der Waals surface area contributed by atoms with E-state index >= 15 is 0 Å². The van der Waals surface area contributed by atoms with Crippen molar-refractivity contribution >= 4 is 23.2 Å². The predicted molar refractivity (Wildman–Crippen MR) is 95.9 cm³/mol. The molecular weight excluding hydrogens is 356 g/mol. The molecule has 0 aliphatic carbocycles. The Morgan fingerprint density at radius 1 is 1.38 bits per heavy atom. The average Bonchev–Trinajstić information content (AvgIpc) is 3.18. The minimum atomic E-state index is -0.480. The number of fused-ring (bicyclic) bond motifs is 1. The van der Waals surface area contributed by atoms with Crippen molar-refractivity contribution in [1.29, 1.82) is 0 Å². The van der Waals surface area contributed by atoms with Crippen LogP contribution in [0, 0.1) is 0 Å². The van der Waals surface area contributed by atoms with Crippen LogP contribution in [-0.2, 0) is 33.8 Å². The van der Waals surface area contributed by atoms with Crippen molar-refractivity contribution in [2.45, 2.75) is 51.2 Å². The Hall–Kier alpha value is -2.42. The highest BCUT2D eigenvalue weighted by molar-refractivity contribution is 7.10. The lowest BCUT2D eigenvalue weighted by atomic mass is 10.1. The topological polar surface area (TPSA) is 95.2 Å². The zero-order valence-corrected chi connectivity index (χ0v) is 15.5. The Morgan fingerprint density at radius 3 is 2.96 bits per heavy atom. The van der Waals surface area contributed by atoms with Gasteiger partial charge in [0.1, 0.15) is 12.4 Å². The number of carbonyl (C=O) groups excluding carboxylic acids is 2. The van der Waals surface area contributed by atoms with Gasteiger partial charge in [-0.2, -0.15) is 5.10 Å². The number of ether oxygens (including phenoxy) is 1. The van der Waals surface area contributed by atoms with Crippen LogP contribution in [0.15, 0.2) is 22.3 Å². The molecule has 1 aliphatic heterocycles. The summed E-state index contributed by atoms with van der Waals surface area (Å²) in [6, 6.07) is 3.22. The summed E-state index contributed by atoms with van der Waals surface area (Å²) in [6.07, 6.45) is 3.83. The summed E-state index contributed by atoms with van der Waals surface area (Å²) < 4.78 is 7.57. The van der Waals surface area contributed by atoms with E-state index in [0.29, 0.717) is 6.54 Å². The van der Waals surface area contributed by atoms with Gasteiger partial charge in [-0.1, -0.05) is 12.5 Å². The van der Waals surface area contributed by atoms with Gasteiger partial charge in [0.25, 0.3) is 0 Å². The quantitative estimate of drug-likeness (QED) is 0.764. The molecule has 0 saturated heterocycles. The molecule has 3 heterocycles. The smallest absolute Gasteiger partial charge is 0.346 e. The molecule has 2 aromatic rings. The van der Waals surface area contributed by atoms with Crippen molar-refractivity contribution < 1.29 is 14.3 Å². The maximum Gasteiger partial charge on any atom is 0.346 e. The van der Waals surface area contributed by atoms with Crippen LogP contribution in [0.25, 0.3) is 0 Å². The number of hydrogen-bond donors (Lipinski definition) is 1. The molecule has 140 valence electrons. The van der Waals surface area contributed by atoms with E-state index in [1.165, 1.54) is 23.1 Å². The summed E-state index contributed by atoms with van der Waals surface area (Å²) in [5.74, 6) is -0.0260. The van der Waals surface area contributed by atoms with Gasteiger partial charge in [0.2, 0.25) is 5.91 Å². The normalized spacial score (nSPS) is 15.0. The van der Waals surface area contributed by atoms with Crippen LogP contribution in [0.2, 0.25) is 0 Å². The molecule has 1 aliphatic rings. The van der Waals surface area contributed by atoms with Crippen LogP contribution >= 0.6 is 11.3 Å². The zero-order chi connectivity index (χ0) is 18.5. The van der Waals surface area contributed by atoms with E-state index in [2.05, 4.69) is 10.4 Å². The Morgan fingerprint density at radius 2 is 2.23 bits per heavy atom. The third-order valence-electron chi connectivity index (χ3n) is 4.40. The Labute approximate surface area is 154 Å². The first-order chi connectivity index (χ1) is 12.6. The van der Waals surface area contributed by atoms with Crippen molar-refractivity contribution in [3.05, 3.63) is 38.7 Å². The highest BCUT2D eigenvalue weighted by atomic mass is 32.1. The number of aryl methyl sites for hydroxylation is 1. The van der Waals surface area contributed by atoms with Crippen LogP contribution in [0.4, 0.5) is 0 Å². The number of rotatable bonds is 6. The maximum absolute atomic E-state index is 12.5. The lowest BCUT2D eigenvalue weighted by Gasteiger charge is -2.16. The van der Waals surface area contributed by atoms with Crippen molar-refractivity contribution in [2.24, 2.45) is 0 Å². The molecule has 0 fully saturated rings. The number of esters is 1. The molecule has 26 heavy (non-hydrogen) atoms. The monoisotopic (exact) mass is 378 g/mol. The van der Waals surface area contributed by atoms with Crippen molar-refractivity contribution in [3.63, 3.8) is 0 Å². The minimum absolute atomic E-state index is 0.0390. The fraction of sp³-hybridized carbons (Fsp3) is 0.529. The van der Waals surface area contributed by atoms with Gasteiger partial charge in [0, 0.05) is 17.8 Å². The van der Waals surface area contributed by atoms with Gasteiger partial charge in [0.15, 0.2) is 0 Å². The highest BCUT2D eigenvalue weighted by Gasteiger charge is 2.22. The second-order valence-electron chi connectivity index (χ2n) is 6.23. The van der Waals surface area contributed by atoms with Gasteiger partial charge in [-0.25, -0.2) is 9.48 Å². The zero-order valence-electron chi connectivity index (χ0n) is 14.6. The van der Waals surface area contributed by atoms with Gasteiger partial charge in [-0.3, -0.25) is 14.2 Å². The molecule has 0 aromatic carbocycles. The molecule has 9 heteroatoms. The SMILES string of the molecule is COC(=O)CC(NC(=O)Cn1nc2n(c1=O)CCCCC2)c1cccs1. The van der Waals surface area contributed by atoms with E-state index in [9.17, 15) is 14.4 Å². The Bertz CT molecular complexity index is 824. The Balaban J connectivity index is 1.71. The third kappa shape index (κ3) is 4.21. The minimum Gasteiger partial charge on any atom is -0.469 e. The molecule has 2 aromatic heterocycles. The lowest BCUT2D eigenvalue weighted by Crippen LogP contribution is -2.36. The Kier molecular flexibility index (Phi) is 5.87. The van der Waals surface area contributed by atoms with Gasteiger partial charge in [-0.15, -0.1) is 11.3 Å². The molecule has 0 bridgehead atoms. The average molecular weight is 378 g/mol. The molecule has 0 radical (unpaired) electrons. The lowest BCUT2D eigenvalue weighted by molar-refractivity contribution is -0.141. The van der Waals surface area contributed by atoms with Gasteiger partial charge < -0.3 is 10.1 Å². The van der Waals surface area contributed by atoms with Crippen molar-refractivity contribution in [3.8, 4) is 0 Å². The first-order valence-electron chi connectivity index (χ1n) is 8.64. The first-order valence-corrected chi connectivity index (χ1v) is 9.52. The van der Waals surface area contributed by atoms with Gasteiger partial charge in [0.05, 0.1) is 19.6 Å². The molecule has 1 unspecified atom stereocenters. The molecule has 1 N–H and O–H groups in total. The second-order valence-corrected chi connectivity index (χ2v) is 7.21. The van der Waals surface area contributed by atoms with Crippen LogP contribution in [-0.4, -0.2) is 33.3 Å². The summed E-state index contributed by atoms with van der Waals surface area (Å²) in [7, 11) is 1.31. The fourth-order valence-electron chi connectivity index (χ4n) is 3.07. The number of amides is 1. The molecule has 8 nitrogen and oxygen atoms in total. The number of nitrogens with zero attached hydrogens (tertiary/aromatic N) is 3. The third-order valence-corrected chi connectivity index (χ3v) is 5.38. The van der Waals surface area contributed by atoms with Crippen molar-refractivity contribution in [2.75, 3.05) is 7.11 Å². The van der Waals surface area contributed by atoms with E-state index in [1.54, 1.807) is 4.57 Å². The summed E-state index contributed by atoms with van der Waals surface area (Å²) in [6.45, 7) is 0.484. The summed E-state index contributed by atoms with van der Waals surface area (Å²) in [4.78, 5) is 37.4. The first kappa shape index (κ1) is 18.4. The summed E-state index contributed by atoms with van der Waals surface area (Å²) >= 11 is 1.45. The van der Waals surface area contributed by atoms with Crippen LogP contribution < -0.4 is 11.0 Å². The maximum atomic E-state index is 12.5. The number of hydrogen-bond acceptors (Lipinski definition) is 6. The van der Waals surface area contributed by atoms with Crippen molar-refractivity contribution in [1.82, 2.24) is 19.7 Å². The predicted octanol–water partition coefficient (Wildman–Crippen LogP) is 1.25. The number of carbonyl (C=O) groups is 2. The molecule has 1 amide bonds. The fourth-order valence-corrected chi connectivity index (χ4v) is 3.84. The summed E-state index contributed by atoms with van der Waals surface area (Å²) in [5, 5.41) is 9.01. The standard InChI is InChI=1S/C17H22N4O4S/c1-25-16(23)10-12(13-6-5-9-26-13)18-15(22)11-21-17(24)20-8-4-2-3-7-14(20)19-21/h5-6,9,12H,2-4,7-8,10-11H2,1H3,(H,18,22). The second kappa shape index (κ2) is 8.31. The van der Waals surface area contributed by atoms with Gasteiger partial charge >= 0.3 is 11.7 Å². The molecule has 3 rings (SSSR count). The van der Waals surface area contributed by atoms with E-state index in [0.717, 1.165) is 36.4 Å². The molecular formula is C17H22N4O4S. The highest BCUT2D eigenvalue weighted by Crippen LogP contribution is 2.22. The van der Waals surface area contributed by atoms with Crippen LogP contribution in [0.3, 0.4) is 0 Å². The number of aromatic nitrogens is 3. The molecule has 1 atom stereocenters. The van der Waals surface area contributed by atoms with Crippen LogP contribution in [0.1, 0.15) is 42.4 Å². The van der Waals surface area contributed by atoms with Gasteiger partial charge in [-0.05, 0) is 24.3 Å².